The highest BCUT2D eigenvalue weighted by molar-refractivity contribution is 6.25. The molecule has 3 aliphatic rings. The van der Waals surface area contributed by atoms with Gasteiger partial charge in [0.15, 0.2) is 17.1 Å². The van der Waals surface area contributed by atoms with Crippen LogP contribution in [0, 0.1) is 11.8 Å². The molecule has 7 rings (SSSR count). The molecule has 63 heavy (non-hydrogen) atoms. The standard InChI is InChI=1S/C46H49N5O12/c1-45(2,3)51(44(60)63-21-62-43(59)33-25-14-10-8-12-22(25)16-23-13-9-11-15-26(23)33)20-31(52)48-29-19-30(49(4)5)27-17-24-18-28-36(50(6)7)39(55)35(42(47)58)41(57)46(28,61)40(56)32(24)38(54)34(27)37(29)53/h8-16,19,24,28,36,53,55-56,61H,17-18,20-21H2,1-7H3,(H2,47,58)(H,48,52)/t24-,28-,36-,46-/m0/s1. The van der Waals surface area contributed by atoms with Gasteiger partial charge in [-0.2, -0.15) is 0 Å². The molecule has 4 aromatic rings. The Morgan fingerprint density at radius 3 is 2.06 bits per heavy atom. The van der Waals surface area contributed by atoms with Crippen LogP contribution in [0.2, 0.25) is 0 Å². The average Bonchev–Trinajstić information content (AvgIpc) is 3.20. The zero-order valence-corrected chi connectivity index (χ0v) is 35.8. The second-order valence-corrected chi connectivity index (χ2v) is 17.5. The maximum absolute atomic E-state index is 14.5. The number of aliphatic hydroxyl groups is 3. The minimum Gasteiger partial charge on any atom is -0.510 e. The number of phenolic OH excluding ortho intramolecular Hbond substituents is 1. The number of hydrogen-bond donors (Lipinski definition) is 6. The number of Topliss-reactive ketones (excluding diaryl/α,β-unsaturated/α-hetero) is 2. The fourth-order valence-corrected chi connectivity index (χ4v) is 9.22. The first-order valence-corrected chi connectivity index (χ1v) is 20.1. The summed E-state index contributed by atoms with van der Waals surface area (Å²) in [4.78, 5) is 85.5. The summed E-state index contributed by atoms with van der Waals surface area (Å²) < 4.78 is 10.8. The zero-order chi connectivity index (χ0) is 46.0. The van der Waals surface area contributed by atoms with Crippen molar-refractivity contribution < 1.29 is 58.7 Å². The lowest BCUT2D eigenvalue weighted by molar-refractivity contribution is -0.148. The van der Waals surface area contributed by atoms with Crippen molar-refractivity contribution in [1.29, 1.82) is 0 Å². The minimum atomic E-state index is -2.83. The lowest BCUT2D eigenvalue weighted by Crippen LogP contribution is -2.63. The number of nitrogens with two attached hydrogens (primary N) is 1. The molecule has 17 heteroatoms. The monoisotopic (exact) mass is 863 g/mol. The van der Waals surface area contributed by atoms with E-state index in [9.17, 15) is 49.2 Å². The van der Waals surface area contributed by atoms with E-state index in [2.05, 4.69) is 5.32 Å². The number of carbonyl (C=O) groups excluding carboxylic acids is 6. The Labute approximate surface area is 361 Å². The molecule has 0 aliphatic heterocycles. The average molecular weight is 864 g/mol. The first-order valence-electron chi connectivity index (χ1n) is 20.1. The number of hydrogen-bond acceptors (Lipinski definition) is 14. The third-order valence-electron chi connectivity index (χ3n) is 12.1. The van der Waals surface area contributed by atoms with E-state index in [1.165, 1.54) is 11.0 Å². The van der Waals surface area contributed by atoms with Gasteiger partial charge in [-0.05, 0) is 92.9 Å². The van der Waals surface area contributed by atoms with E-state index in [1.54, 1.807) is 78.1 Å². The maximum atomic E-state index is 14.5. The number of primary amides is 1. The molecule has 0 radical (unpaired) electrons. The van der Waals surface area contributed by atoms with Crippen LogP contribution in [-0.2, 0) is 30.3 Å². The number of aromatic hydroxyl groups is 1. The molecule has 3 amide bonds. The van der Waals surface area contributed by atoms with Crippen LogP contribution < -0.4 is 16.0 Å². The van der Waals surface area contributed by atoms with Crippen molar-refractivity contribution in [2.45, 2.75) is 50.8 Å². The van der Waals surface area contributed by atoms with Crippen LogP contribution in [0.4, 0.5) is 16.2 Å². The number of carbonyl (C=O) groups is 6. The molecule has 0 aromatic heterocycles. The summed E-state index contributed by atoms with van der Waals surface area (Å²) in [5.74, 6) is -9.59. The van der Waals surface area contributed by atoms with Crippen LogP contribution in [0.5, 0.6) is 5.75 Å². The summed E-state index contributed by atoms with van der Waals surface area (Å²) >= 11 is 0. The summed E-state index contributed by atoms with van der Waals surface area (Å²) in [5, 5.41) is 52.0. The van der Waals surface area contributed by atoms with Gasteiger partial charge >= 0.3 is 12.1 Å². The fourth-order valence-electron chi connectivity index (χ4n) is 9.22. The Bertz CT molecular complexity index is 2660. The maximum Gasteiger partial charge on any atom is 0.413 e. The summed E-state index contributed by atoms with van der Waals surface area (Å²) in [5.41, 5.74) is 0.810. The van der Waals surface area contributed by atoms with Gasteiger partial charge < -0.3 is 45.9 Å². The molecule has 3 aliphatic carbocycles. The smallest absolute Gasteiger partial charge is 0.413 e. The number of nitrogens with one attached hydrogen (secondary N) is 1. The van der Waals surface area contributed by atoms with Crippen LogP contribution in [0.25, 0.3) is 21.5 Å². The van der Waals surface area contributed by atoms with Crippen molar-refractivity contribution >= 4 is 68.4 Å². The molecular weight excluding hydrogens is 815 g/mol. The predicted octanol–water partition coefficient (Wildman–Crippen LogP) is 4.48. The number of allylic oxidation sites excluding steroid dienone is 1. The largest absolute Gasteiger partial charge is 0.510 e. The number of ketones is 2. The fraction of sp³-hybridized carbons (Fsp3) is 0.348. The third-order valence-corrected chi connectivity index (χ3v) is 12.1. The molecule has 4 aromatic carbocycles. The highest BCUT2D eigenvalue weighted by Crippen LogP contribution is 2.54. The number of benzene rings is 4. The predicted molar refractivity (Wildman–Crippen MR) is 231 cm³/mol. The van der Waals surface area contributed by atoms with Crippen LogP contribution in [0.3, 0.4) is 0 Å². The number of fused-ring (bicyclic) bond motifs is 5. The van der Waals surface area contributed by atoms with Gasteiger partial charge in [0.2, 0.25) is 18.5 Å². The van der Waals surface area contributed by atoms with E-state index < -0.39 is 101 Å². The summed E-state index contributed by atoms with van der Waals surface area (Å²) in [6.45, 7) is 3.55. The molecule has 0 unspecified atom stereocenters. The van der Waals surface area contributed by atoms with Crippen molar-refractivity contribution in [3.8, 4) is 5.75 Å². The van der Waals surface area contributed by atoms with E-state index in [1.807, 2.05) is 30.3 Å². The van der Waals surface area contributed by atoms with Crippen LogP contribution in [0.15, 0.2) is 83.3 Å². The number of likely N-dealkylation sites (N-methyl/N-ethyl adjacent to an activating group) is 1. The van der Waals surface area contributed by atoms with Crippen LogP contribution in [0.1, 0.15) is 53.5 Å². The van der Waals surface area contributed by atoms with Gasteiger partial charge in [0.1, 0.15) is 23.6 Å². The van der Waals surface area contributed by atoms with Gasteiger partial charge in [-0.1, -0.05) is 48.5 Å². The number of esters is 1. The van der Waals surface area contributed by atoms with Crippen LogP contribution >= 0.6 is 0 Å². The Kier molecular flexibility index (Phi) is 11.2. The van der Waals surface area contributed by atoms with Crippen molar-refractivity contribution in [2.75, 3.05) is 51.7 Å². The number of phenols is 1. The summed E-state index contributed by atoms with van der Waals surface area (Å²) in [6, 6.07) is 16.9. The Balaban J connectivity index is 1.13. The van der Waals surface area contributed by atoms with Gasteiger partial charge in [0.25, 0.3) is 5.91 Å². The Hall–Kier alpha value is -6.98. The van der Waals surface area contributed by atoms with E-state index in [0.717, 1.165) is 15.7 Å². The van der Waals surface area contributed by atoms with Gasteiger partial charge in [-0.3, -0.25) is 29.0 Å². The van der Waals surface area contributed by atoms with Crippen molar-refractivity contribution in [3.05, 3.63) is 100 Å². The zero-order valence-electron chi connectivity index (χ0n) is 35.8. The molecule has 0 bridgehead atoms. The second kappa shape index (κ2) is 16.0. The van der Waals surface area contributed by atoms with Crippen molar-refractivity contribution in [2.24, 2.45) is 17.6 Å². The topological polar surface area (TPSA) is 250 Å². The Morgan fingerprint density at radius 2 is 1.51 bits per heavy atom. The Morgan fingerprint density at radius 1 is 0.905 bits per heavy atom. The number of amides is 3. The summed E-state index contributed by atoms with van der Waals surface area (Å²) in [6.07, 6.45) is -1.07. The molecule has 0 heterocycles. The first kappa shape index (κ1) is 44.1. The molecule has 330 valence electrons. The van der Waals surface area contributed by atoms with Crippen molar-refractivity contribution in [1.82, 2.24) is 9.80 Å². The van der Waals surface area contributed by atoms with E-state index in [4.69, 9.17) is 15.2 Å². The summed E-state index contributed by atoms with van der Waals surface area (Å²) in [7, 11) is 6.44. The molecule has 0 saturated heterocycles. The van der Waals surface area contributed by atoms with Crippen LogP contribution in [-0.4, -0.2) is 124 Å². The molecule has 0 fully saturated rings. The molecule has 7 N–H and O–H groups in total. The normalized spacial score (nSPS) is 20.9. The third kappa shape index (κ3) is 7.35. The van der Waals surface area contributed by atoms with Gasteiger partial charge in [-0.25, -0.2) is 9.59 Å². The minimum absolute atomic E-state index is 0.0226. The second-order valence-electron chi connectivity index (χ2n) is 17.5. The SMILES string of the molecule is CN(C)c1cc(NC(=O)CN(C(=O)OCOC(=O)c2c3ccccc3cc3ccccc23)C(C)(C)C)c(O)c2c1C[C@H]1C[C@H]3[C@H](N(C)C)C(O)=C(C(N)=O)C(=O)[C@@]3(O)C(O)=C1C2=O. The molecule has 17 nitrogen and oxygen atoms in total. The van der Waals surface area contributed by atoms with Crippen molar-refractivity contribution in [3.63, 3.8) is 0 Å². The molecule has 4 atom stereocenters. The van der Waals surface area contributed by atoms with Gasteiger partial charge in [0, 0.05) is 36.8 Å². The first-order chi connectivity index (χ1) is 29.6. The number of ether oxygens (including phenoxy) is 2. The molecular formula is C46H49N5O12. The number of nitrogens with zero attached hydrogens (tertiary/aromatic N) is 3. The quantitative estimate of drug-likeness (QED) is 0.0447. The van der Waals surface area contributed by atoms with E-state index in [-0.39, 0.29) is 29.7 Å². The lowest BCUT2D eigenvalue weighted by Gasteiger charge is -2.50. The highest BCUT2D eigenvalue weighted by Gasteiger charge is 2.63. The molecule has 0 saturated carbocycles. The number of aliphatic hydroxyl groups excluding tert-OH is 2. The highest BCUT2D eigenvalue weighted by atomic mass is 16.7. The van der Waals surface area contributed by atoms with E-state index >= 15 is 0 Å². The van der Waals surface area contributed by atoms with Gasteiger partial charge in [-0.15, -0.1) is 0 Å². The lowest BCUT2D eigenvalue weighted by atomic mass is 9.58. The van der Waals surface area contributed by atoms with Gasteiger partial charge in [0.05, 0.1) is 22.9 Å². The number of rotatable bonds is 9. The van der Waals surface area contributed by atoms with E-state index in [0.29, 0.717) is 27.6 Å². The molecule has 0 spiro atoms. The number of anilines is 2.